The Hall–Kier alpha value is -0.540. The summed E-state index contributed by atoms with van der Waals surface area (Å²) in [5.74, 6) is -0.409. The lowest BCUT2D eigenvalue weighted by atomic mass is 10.0. The molecule has 0 bridgehead atoms. The molecule has 0 aromatic heterocycles. The van der Waals surface area contributed by atoms with Gasteiger partial charge >= 0.3 is 7.82 Å². The standard InChI is InChI=1S/C43H89N2O7P/c1-3-5-7-9-11-13-15-16-17-18-19-20-21-22-23-25-26-28-30-32-34-40(46)38-43(48)45-41(39-52-53(49,50)51-37-36-44)42(47)35-33-31-29-27-24-14-12-10-8-6-4-2/h40-42,46-47H,3-39,44H2,1-2H3,(H,45,48)(H,49,50). The van der Waals surface area contributed by atoms with Crippen molar-refractivity contribution >= 4 is 13.7 Å². The maximum atomic E-state index is 12.8. The minimum atomic E-state index is -4.37. The number of unbranched alkanes of at least 4 members (excludes halogenated alkanes) is 29. The molecule has 10 heteroatoms. The monoisotopic (exact) mass is 777 g/mol. The zero-order valence-corrected chi connectivity index (χ0v) is 35.8. The van der Waals surface area contributed by atoms with Crippen LogP contribution >= 0.6 is 7.82 Å². The third kappa shape index (κ3) is 38.1. The third-order valence-electron chi connectivity index (χ3n) is 10.5. The van der Waals surface area contributed by atoms with Crippen LogP contribution in [-0.4, -0.2) is 59.0 Å². The van der Waals surface area contributed by atoms with Gasteiger partial charge in [0.25, 0.3) is 0 Å². The number of hydrogen-bond donors (Lipinski definition) is 5. The van der Waals surface area contributed by atoms with Crippen molar-refractivity contribution in [3.8, 4) is 0 Å². The first kappa shape index (κ1) is 52.5. The first-order chi connectivity index (χ1) is 25.8. The molecular formula is C43H89N2O7P. The topological polar surface area (TPSA) is 151 Å². The highest BCUT2D eigenvalue weighted by Crippen LogP contribution is 2.43. The Morgan fingerprint density at radius 3 is 1.26 bits per heavy atom. The van der Waals surface area contributed by atoms with Crippen LogP contribution in [0.5, 0.6) is 0 Å². The summed E-state index contributed by atoms with van der Waals surface area (Å²) in [7, 11) is -4.37. The van der Waals surface area contributed by atoms with Crippen molar-refractivity contribution in [2.45, 2.75) is 250 Å². The second-order valence-corrected chi connectivity index (χ2v) is 17.3. The van der Waals surface area contributed by atoms with E-state index in [1.54, 1.807) is 0 Å². The van der Waals surface area contributed by atoms with Crippen molar-refractivity contribution in [3.63, 3.8) is 0 Å². The summed E-state index contributed by atoms with van der Waals surface area (Å²) in [5.41, 5.74) is 5.36. The summed E-state index contributed by atoms with van der Waals surface area (Å²) in [6.45, 7) is 4.06. The summed E-state index contributed by atoms with van der Waals surface area (Å²) < 4.78 is 22.1. The van der Waals surface area contributed by atoms with Gasteiger partial charge in [0.1, 0.15) is 0 Å². The zero-order valence-electron chi connectivity index (χ0n) is 34.9. The number of hydrogen-bond acceptors (Lipinski definition) is 7. The first-order valence-electron chi connectivity index (χ1n) is 22.7. The van der Waals surface area contributed by atoms with Gasteiger partial charge in [-0.1, -0.05) is 213 Å². The van der Waals surface area contributed by atoms with Gasteiger partial charge < -0.3 is 26.2 Å². The Kier molecular flexibility index (Phi) is 39.3. The predicted octanol–water partition coefficient (Wildman–Crippen LogP) is 11.6. The molecule has 0 aromatic rings. The molecule has 0 spiro atoms. The van der Waals surface area contributed by atoms with Gasteiger partial charge in [0, 0.05) is 6.54 Å². The van der Waals surface area contributed by atoms with Gasteiger partial charge in [-0.05, 0) is 12.8 Å². The molecule has 0 saturated carbocycles. The molecule has 4 atom stereocenters. The van der Waals surface area contributed by atoms with Crippen LogP contribution in [0, 0.1) is 0 Å². The fourth-order valence-electron chi connectivity index (χ4n) is 7.06. The number of amides is 1. The van der Waals surface area contributed by atoms with Gasteiger partial charge in [0.15, 0.2) is 0 Å². The molecule has 0 aromatic carbocycles. The van der Waals surface area contributed by atoms with E-state index in [9.17, 15) is 24.5 Å². The lowest BCUT2D eigenvalue weighted by molar-refractivity contribution is -0.125. The van der Waals surface area contributed by atoms with Gasteiger partial charge in [0.2, 0.25) is 5.91 Å². The number of nitrogens with two attached hydrogens (primary N) is 1. The van der Waals surface area contributed by atoms with Crippen molar-refractivity contribution in [1.82, 2.24) is 5.32 Å². The molecule has 0 heterocycles. The molecule has 53 heavy (non-hydrogen) atoms. The largest absolute Gasteiger partial charge is 0.472 e. The second-order valence-electron chi connectivity index (χ2n) is 15.8. The van der Waals surface area contributed by atoms with E-state index in [0.29, 0.717) is 12.8 Å². The average molecular weight is 777 g/mol. The van der Waals surface area contributed by atoms with Crippen LogP contribution in [0.25, 0.3) is 0 Å². The Morgan fingerprint density at radius 2 is 0.906 bits per heavy atom. The van der Waals surface area contributed by atoms with Crippen LogP contribution in [0.3, 0.4) is 0 Å². The number of carbonyl (C=O) groups excluding carboxylic acids is 1. The van der Waals surface area contributed by atoms with E-state index in [1.807, 2.05) is 0 Å². The predicted molar refractivity (Wildman–Crippen MR) is 223 cm³/mol. The molecule has 0 fully saturated rings. The number of phosphoric ester groups is 1. The smallest absolute Gasteiger partial charge is 0.393 e. The fraction of sp³-hybridized carbons (Fsp3) is 0.977. The Labute approximate surface area is 327 Å². The number of aliphatic hydroxyl groups excluding tert-OH is 2. The van der Waals surface area contributed by atoms with E-state index < -0.39 is 32.0 Å². The number of aliphatic hydroxyl groups is 2. The minimum absolute atomic E-state index is 0.0625. The van der Waals surface area contributed by atoms with Gasteiger partial charge in [-0.3, -0.25) is 13.8 Å². The molecule has 0 aliphatic carbocycles. The highest BCUT2D eigenvalue weighted by Gasteiger charge is 2.28. The number of rotatable bonds is 43. The zero-order chi connectivity index (χ0) is 39.1. The number of carbonyl (C=O) groups is 1. The number of nitrogens with one attached hydrogen (secondary N) is 1. The van der Waals surface area contributed by atoms with Gasteiger partial charge in [-0.25, -0.2) is 4.57 Å². The normalized spacial score (nSPS) is 14.6. The molecule has 0 aliphatic rings. The second kappa shape index (κ2) is 39.7. The Morgan fingerprint density at radius 1 is 0.566 bits per heavy atom. The minimum Gasteiger partial charge on any atom is -0.393 e. The van der Waals surface area contributed by atoms with Crippen LogP contribution in [0.15, 0.2) is 0 Å². The van der Waals surface area contributed by atoms with E-state index in [-0.39, 0.29) is 26.2 Å². The highest BCUT2D eigenvalue weighted by molar-refractivity contribution is 7.47. The van der Waals surface area contributed by atoms with E-state index in [0.717, 1.165) is 38.5 Å². The van der Waals surface area contributed by atoms with Crippen LogP contribution in [0.4, 0.5) is 0 Å². The summed E-state index contributed by atoms with van der Waals surface area (Å²) in [6, 6.07) is -0.889. The lowest BCUT2D eigenvalue weighted by Crippen LogP contribution is -2.47. The molecule has 0 rings (SSSR count). The molecule has 6 N–H and O–H groups in total. The van der Waals surface area contributed by atoms with Crippen LogP contribution in [0.2, 0.25) is 0 Å². The fourth-order valence-corrected chi connectivity index (χ4v) is 7.82. The summed E-state index contributed by atoms with van der Waals surface area (Å²) >= 11 is 0. The maximum absolute atomic E-state index is 12.8. The Bertz CT molecular complexity index is 822. The molecule has 4 unspecified atom stereocenters. The van der Waals surface area contributed by atoms with E-state index >= 15 is 0 Å². The van der Waals surface area contributed by atoms with Crippen molar-refractivity contribution in [2.75, 3.05) is 19.8 Å². The van der Waals surface area contributed by atoms with Crippen molar-refractivity contribution in [3.05, 3.63) is 0 Å². The molecule has 318 valence electrons. The van der Waals surface area contributed by atoms with Crippen molar-refractivity contribution in [1.29, 1.82) is 0 Å². The molecule has 9 nitrogen and oxygen atoms in total. The lowest BCUT2D eigenvalue weighted by Gasteiger charge is -2.25. The summed E-state index contributed by atoms with van der Waals surface area (Å²) in [4.78, 5) is 22.8. The molecule has 1 amide bonds. The number of phosphoric acid groups is 1. The van der Waals surface area contributed by atoms with Crippen molar-refractivity contribution < 1.29 is 33.5 Å². The van der Waals surface area contributed by atoms with Gasteiger partial charge in [-0.15, -0.1) is 0 Å². The van der Waals surface area contributed by atoms with Crippen LogP contribution in [0.1, 0.15) is 232 Å². The maximum Gasteiger partial charge on any atom is 0.472 e. The summed E-state index contributed by atoms with van der Waals surface area (Å²) in [5, 5.41) is 24.2. The highest BCUT2D eigenvalue weighted by atomic mass is 31.2. The Balaban J connectivity index is 4.11. The molecular weight excluding hydrogens is 687 g/mol. The van der Waals surface area contributed by atoms with E-state index in [4.69, 9.17) is 14.8 Å². The molecule has 0 radical (unpaired) electrons. The van der Waals surface area contributed by atoms with E-state index in [1.165, 1.54) is 161 Å². The molecule has 0 saturated heterocycles. The molecule has 0 aliphatic heterocycles. The SMILES string of the molecule is CCCCCCCCCCCCCCCCCCCCCCC(O)CC(=O)NC(COP(=O)(O)OCCN)C(O)CCCCCCCCCCCCC. The summed E-state index contributed by atoms with van der Waals surface area (Å²) in [6.07, 6.45) is 38.7. The average Bonchev–Trinajstić information content (AvgIpc) is 3.13. The van der Waals surface area contributed by atoms with E-state index in [2.05, 4.69) is 19.2 Å². The first-order valence-corrected chi connectivity index (χ1v) is 24.2. The van der Waals surface area contributed by atoms with Gasteiger partial charge in [-0.2, -0.15) is 0 Å². The quantitative estimate of drug-likeness (QED) is 0.0303. The van der Waals surface area contributed by atoms with Crippen LogP contribution < -0.4 is 11.1 Å². The third-order valence-corrected chi connectivity index (χ3v) is 11.5. The van der Waals surface area contributed by atoms with Crippen molar-refractivity contribution in [2.24, 2.45) is 5.73 Å². The van der Waals surface area contributed by atoms with Gasteiger partial charge in [0.05, 0.1) is 37.9 Å². The van der Waals surface area contributed by atoms with Crippen LogP contribution in [-0.2, 0) is 18.4 Å².